The zero-order valence-electron chi connectivity index (χ0n) is 14.9. The molecule has 7 nitrogen and oxygen atoms in total. The van der Waals surface area contributed by atoms with Gasteiger partial charge >= 0.3 is 6.03 Å². The number of amides is 2. The van der Waals surface area contributed by atoms with E-state index in [2.05, 4.69) is 26.5 Å². The van der Waals surface area contributed by atoms with Crippen molar-refractivity contribution in [3.63, 3.8) is 0 Å². The van der Waals surface area contributed by atoms with Crippen molar-refractivity contribution in [2.45, 2.75) is 32.7 Å². The fourth-order valence-electron chi connectivity index (χ4n) is 3.61. The maximum absolute atomic E-state index is 12.5. The monoisotopic (exact) mass is 353 g/mol. The fourth-order valence-corrected chi connectivity index (χ4v) is 3.61. The molecule has 136 valence electrons. The van der Waals surface area contributed by atoms with Crippen molar-refractivity contribution < 1.29 is 9.32 Å². The SMILES string of the molecule is Cc1nc(CC2CCN(C(=O)NCc3cccc4[nH]ccc34)CC2)no1. The Morgan fingerprint density at radius 2 is 2.19 bits per heavy atom. The maximum Gasteiger partial charge on any atom is 0.317 e. The topological polar surface area (TPSA) is 87.0 Å². The number of nitrogens with one attached hydrogen (secondary N) is 2. The molecule has 2 amide bonds. The van der Waals surface area contributed by atoms with E-state index in [9.17, 15) is 4.79 Å². The predicted molar refractivity (Wildman–Crippen MR) is 97.6 cm³/mol. The minimum Gasteiger partial charge on any atom is -0.361 e. The van der Waals surface area contributed by atoms with Gasteiger partial charge in [-0.25, -0.2) is 4.79 Å². The first-order valence-corrected chi connectivity index (χ1v) is 9.06. The number of fused-ring (bicyclic) bond motifs is 1. The van der Waals surface area contributed by atoms with Crippen molar-refractivity contribution in [3.8, 4) is 0 Å². The summed E-state index contributed by atoms with van der Waals surface area (Å²) in [7, 11) is 0. The number of hydrogen-bond donors (Lipinski definition) is 2. The second-order valence-electron chi connectivity index (χ2n) is 6.88. The van der Waals surface area contributed by atoms with E-state index in [-0.39, 0.29) is 6.03 Å². The number of carbonyl (C=O) groups excluding carboxylic acids is 1. The Morgan fingerprint density at radius 3 is 2.96 bits per heavy atom. The molecule has 2 N–H and O–H groups in total. The zero-order valence-corrected chi connectivity index (χ0v) is 14.9. The summed E-state index contributed by atoms with van der Waals surface area (Å²) >= 11 is 0. The molecule has 0 bridgehead atoms. The Morgan fingerprint density at radius 1 is 1.35 bits per heavy atom. The number of carbonyl (C=O) groups is 1. The number of aryl methyl sites for hydroxylation is 1. The molecule has 1 aliphatic heterocycles. The summed E-state index contributed by atoms with van der Waals surface area (Å²) in [6, 6.07) is 8.14. The molecule has 0 atom stereocenters. The summed E-state index contributed by atoms with van der Waals surface area (Å²) in [5.41, 5.74) is 2.22. The summed E-state index contributed by atoms with van der Waals surface area (Å²) in [5.74, 6) is 1.88. The van der Waals surface area contributed by atoms with Gasteiger partial charge in [-0.05, 0) is 36.5 Å². The minimum absolute atomic E-state index is 0.00592. The number of aromatic amines is 1. The Kier molecular flexibility index (Phi) is 4.60. The van der Waals surface area contributed by atoms with E-state index < -0.39 is 0 Å². The number of H-pyrrole nitrogens is 1. The average Bonchev–Trinajstić information content (AvgIpc) is 3.29. The van der Waals surface area contributed by atoms with E-state index in [1.807, 2.05) is 29.3 Å². The average molecular weight is 353 g/mol. The summed E-state index contributed by atoms with van der Waals surface area (Å²) in [6.45, 7) is 3.87. The van der Waals surface area contributed by atoms with Crippen molar-refractivity contribution in [2.75, 3.05) is 13.1 Å². The van der Waals surface area contributed by atoms with Gasteiger partial charge in [0.1, 0.15) is 0 Å². The molecule has 3 aromatic rings. The number of nitrogens with zero attached hydrogens (tertiary/aromatic N) is 3. The van der Waals surface area contributed by atoms with Crippen LogP contribution in [-0.2, 0) is 13.0 Å². The number of aromatic nitrogens is 3. The van der Waals surface area contributed by atoms with Crippen LogP contribution in [0.5, 0.6) is 0 Å². The van der Waals surface area contributed by atoms with Gasteiger partial charge < -0.3 is 19.7 Å². The van der Waals surface area contributed by atoms with E-state index in [0.29, 0.717) is 18.4 Å². The molecule has 0 spiro atoms. The number of rotatable bonds is 4. The van der Waals surface area contributed by atoms with Crippen molar-refractivity contribution in [1.29, 1.82) is 0 Å². The van der Waals surface area contributed by atoms with Crippen molar-refractivity contribution >= 4 is 16.9 Å². The molecule has 3 heterocycles. The van der Waals surface area contributed by atoms with E-state index in [1.165, 1.54) is 0 Å². The highest BCUT2D eigenvalue weighted by Crippen LogP contribution is 2.21. The molecule has 0 radical (unpaired) electrons. The largest absolute Gasteiger partial charge is 0.361 e. The van der Waals surface area contributed by atoms with E-state index in [1.54, 1.807) is 6.92 Å². The minimum atomic E-state index is 0.00592. The Labute approximate surface area is 151 Å². The van der Waals surface area contributed by atoms with Crippen molar-refractivity contribution in [1.82, 2.24) is 25.3 Å². The van der Waals surface area contributed by atoms with E-state index in [0.717, 1.165) is 54.6 Å². The Bertz CT molecular complexity index is 892. The molecule has 0 aliphatic carbocycles. The Hall–Kier alpha value is -2.83. The number of piperidine rings is 1. The first-order chi connectivity index (χ1) is 12.7. The summed E-state index contributed by atoms with van der Waals surface area (Å²) in [6.07, 6.45) is 4.68. The smallest absolute Gasteiger partial charge is 0.317 e. The lowest BCUT2D eigenvalue weighted by atomic mass is 9.93. The lowest BCUT2D eigenvalue weighted by molar-refractivity contribution is 0.169. The van der Waals surface area contributed by atoms with Gasteiger partial charge in [0.2, 0.25) is 5.89 Å². The first kappa shape index (κ1) is 16.6. The third-order valence-corrected chi connectivity index (χ3v) is 5.06. The molecule has 0 unspecified atom stereocenters. The van der Waals surface area contributed by atoms with Crippen LogP contribution >= 0.6 is 0 Å². The van der Waals surface area contributed by atoms with Gasteiger partial charge in [0.05, 0.1) is 0 Å². The second kappa shape index (κ2) is 7.19. The fraction of sp³-hybridized carbons (Fsp3) is 0.421. The molecule has 4 rings (SSSR count). The van der Waals surface area contributed by atoms with Gasteiger partial charge in [-0.1, -0.05) is 17.3 Å². The summed E-state index contributed by atoms with van der Waals surface area (Å²) < 4.78 is 5.03. The van der Waals surface area contributed by atoms with Gasteiger partial charge in [0.25, 0.3) is 0 Å². The van der Waals surface area contributed by atoms with Crippen molar-refractivity contribution in [2.24, 2.45) is 5.92 Å². The quantitative estimate of drug-likeness (QED) is 0.755. The predicted octanol–water partition coefficient (Wildman–Crippen LogP) is 3.02. The maximum atomic E-state index is 12.5. The van der Waals surface area contributed by atoms with Gasteiger partial charge in [0.15, 0.2) is 5.82 Å². The van der Waals surface area contributed by atoms with Gasteiger partial charge in [-0.2, -0.15) is 4.98 Å². The van der Waals surface area contributed by atoms with E-state index in [4.69, 9.17) is 4.52 Å². The van der Waals surface area contributed by atoms with Crippen LogP contribution < -0.4 is 5.32 Å². The number of likely N-dealkylation sites (tertiary alicyclic amines) is 1. The van der Waals surface area contributed by atoms with Gasteiger partial charge in [0, 0.05) is 50.1 Å². The van der Waals surface area contributed by atoms with Crippen LogP contribution in [0.4, 0.5) is 4.79 Å². The highest BCUT2D eigenvalue weighted by Gasteiger charge is 2.24. The third-order valence-electron chi connectivity index (χ3n) is 5.06. The number of hydrogen-bond acceptors (Lipinski definition) is 4. The van der Waals surface area contributed by atoms with Crippen LogP contribution in [0.25, 0.3) is 10.9 Å². The third kappa shape index (κ3) is 3.56. The molecule has 0 saturated carbocycles. The molecule has 26 heavy (non-hydrogen) atoms. The van der Waals surface area contributed by atoms with Gasteiger partial charge in [-0.15, -0.1) is 0 Å². The van der Waals surface area contributed by atoms with E-state index >= 15 is 0 Å². The highest BCUT2D eigenvalue weighted by atomic mass is 16.5. The van der Waals surface area contributed by atoms with Crippen LogP contribution in [0, 0.1) is 12.8 Å². The molecular weight excluding hydrogens is 330 g/mol. The standard InChI is InChI=1S/C19H23N5O2/c1-13-22-18(23-26-13)11-14-6-9-24(10-7-14)19(25)21-12-15-3-2-4-17-16(15)5-8-20-17/h2-5,8,14,20H,6-7,9-12H2,1H3,(H,21,25). The second-order valence-corrected chi connectivity index (χ2v) is 6.88. The molecule has 1 aromatic carbocycles. The summed E-state index contributed by atoms with van der Waals surface area (Å²) in [5, 5.41) is 8.17. The van der Waals surface area contributed by atoms with Crippen LogP contribution in [-0.4, -0.2) is 39.1 Å². The molecule has 7 heteroatoms. The van der Waals surface area contributed by atoms with Crippen LogP contribution in [0.2, 0.25) is 0 Å². The summed E-state index contributed by atoms with van der Waals surface area (Å²) in [4.78, 5) is 21.8. The zero-order chi connectivity index (χ0) is 17.9. The normalized spacial score (nSPS) is 15.5. The van der Waals surface area contributed by atoms with Crippen LogP contribution in [0.1, 0.15) is 30.1 Å². The lowest BCUT2D eigenvalue weighted by Crippen LogP contribution is -2.44. The van der Waals surface area contributed by atoms with Crippen molar-refractivity contribution in [3.05, 3.63) is 47.7 Å². The molecule has 1 fully saturated rings. The number of urea groups is 1. The number of benzene rings is 1. The Balaban J connectivity index is 1.28. The highest BCUT2D eigenvalue weighted by molar-refractivity contribution is 5.83. The lowest BCUT2D eigenvalue weighted by Gasteiger charge is -2.31. The molecular formula is C19H23N5O2. The van der Waals surface area contributed by atoms with Crippen LogP contribution in [0.3, 0.4) is 0 Å². The van der Waals surface area contributed by atoms with Gasteiger partial charge in [-0.3, -0.25) is 0 Å². The molecule has 1 aliphatic rings. The molecule has 1 saturated heterocycles. The van der Waals surface area contributed by atoms with Crippen LogP contribution in [0.15, 0.2) is 35.0 Å². The first-order valence-electron chi connectivity index (χ1n) is 9.06. The molecule has 2 aromatic heterocycles.